The maximum atomic E-state index is 9.78. The lowest BCUT2D eigenvalue weighted by molar-refractivity contribution is 0.274. The van der Waals surface area contributed by atoms with Gasteiger partial charge in [-0.1, -0.05) is 61.9 Å². The first-order chi connectivity index (χ1) is 14.7. The molecule has 2 aromatic carbocycles. The average Bonchev–Trinajstić information content (AvgIpc) is 3.41. The van der Waals surface area contributed by atoms with Gasteiger partial charge in [0.25, 0.3) is 0 Å². The molecule has 0 radical (unpaired) electrons. The Hall–Kier alpha value is -3.32. The molecule has 0 spiro atoms. The van der Waals surface area contributed by atoms with Gasteiger partial charge < -0.3 is 5.11 Å². The van der Waals surface area contributed by atoms with Gasteiger partial charge in [0.1, 0.15) is 0 Å². The molecule has 0 aliphatic rings. The topological polar surface area (TPSA) is 92.5 Å². The summed E-state index contributed by atoms with van der Waals surface area (Å²) >= 11 is 0. The summed E-state index contributed by atoms with van der Waals surface area (Å²) in [6, 6.07) is 16.6. The van der Waals surface area contributed by atoms with Crippen LogP contribution in [0.5, 0.6) is 0 Å². The number of aliphatic hydroxyl groups is 1. The van der Waals surface area contributed by atoms with Crippen molar-refractivity contribution in [3.05, 3.63) is 71.0 Å². The van der Waals surface area contributed by atoms with Gasteiger partial charge in [0.2, 0.25) is 5.82 Å². The molecule has 2 aromatic heterocycles. The maximum Gasteiger partial charge on any atom is 0.205 e. The molecule has 30 heavy (non-hydrogen) atoms. The van der Waals surface area contributed by atoms with E-state index >= 15 is 0 Å². The first kappa shape index (κ1) is 20.0. The third-order valence-electron chi connectivity index (χ3n) is 5.43. The number of nitrogens with one attached hydrogen (secondary N) is 1. The maximum absolute atomic E-state index is 9.78. The van der Waals surface area contributed by atoms with Gasteiger partial charge in [0.15, 0.2) is 0 Å². The van der Waals surface area contributed by atoms with Crippen molar-refractivity contribution in [2.45, 2.75) is 39.2 Å². The molecular formula is C23H26N6O. The van der Waals surface area contributed by atoms with E-state index in [4.69, 9.17) is 0 Å². The molecule has 0 aliphatic heterocycles. The van der Waals surface area contributed by atoms with Crippen molar-refractivity contribution in [3.63, 3.8) is 0 Å². The SMILES string of the molecule is CCCCc1c(Cc2ccc(-c3ccccc3-c3nn[nH]n3)cc2)c(CO)nn1C. The highest BCUT2D eigenvalue weighted by molar-refractivity contribution is 5.80. The Bertz CT molecular complexity index is 1100. The van der Waals surface area contributed by atoms with Crippen LogP contribution >= 0.6 is 0 Å². The second kappa shape index (κ2) is 9.00. The molecule has 4 rings (SSSR count). The van der Waals surface area contributed by atoms with Gasteiger partial charge in [-0.2, -0.15) is 10.3 Å². The van der Waals surface area contributed by atoms with Crippen LogP contribution in [0.3, 0.4) is 0 Å². The molecule has 4 aromatic rings. The number of unbranched alkanes of at least 4 members (excludes halogenated alkanes) is 1. The van der Waals surface area contributed by atoms with Crippen molar-refractivity contribution in [1.82, 2.24) is 30.4 Å². The third kappa shape index (κ3) is 4.02. The van der Waals surface area contributed by atoms with Gasteiger partial charge in [0, 0.05) is 30.3 Å². The standard InChI is InChI=1S/C23H26N6O/c1-3-4-9-22-20(21(15-30)26-29(22)2)14-16-10-12-17(13-11-16)18-7-5-6-8-19(18)23-24-27-28-25-23/h5-8,10-13,30H,3-4,9,14-15H2,1-2H3,(H,24,25,27,28). The minimum absolute atomic E-state index is 0.0363. The van der Waals surface area contributed by atoms with Crippen LogP contribution in [0.1, 0.15) is 42.3 Å². The zero-order valence-electron chi connectivity index (χ0n) is 17.3. The van der Waals surface area contributed by atoms with E-state index in [-0.39, 0.29) is 6.61 Å². The lowest BCUT2D eigenvalue weighted by Gasteiger charge is -2.10. The molecule has 0 unspecified atom stereocenters. The van der Waals surface area contributed by atoms with Crippen LogP contribution in [-0.4, -0.2) is 35.5 Å². The van der Waals surface area contributed by atoms with Gasteiger partial charge in [-0.25, -0.2) is 0 Å². The van der Waals surface area contributed by atoms with Crippen molar-refractivity contribution >= 4 is 0 Å². The molecule has 0 amide bonds. The average molecular weight is 403 g/mol. The first-order valence-electron chi connectivity index (χ1n) is 10.3. The quantitative estimate of drug-likeness (QED) is 0.469. The first-order valence-corrected chi connectivity index (χ1v) is 10.3. The van der Waals surface area contributed by atoms with Crippen molar-refractivity contribution < 1.29 is 5.11 Å². The number of aromatic amines is 1. The number of tetrazole rings is 1. The number of nitrogens with zero attached hydrogens (tertiary/aromatic N) is 5. The molecule has 0 atom stereocenters. The van der Waals surface area contributed by atoms with Crippen molar-refractivity contribution in [2.24, 2.45) is 7.05 Å². The van der Waals surface area contributed by atoms with Crippen LogP contribution in [-0.2, 0) is 26.5 Å². The number of aromatic nitrogens is 6. The van der Waals surface area contributed by atoms with Crippen LogP contribution in [0, 0.1) is 0 Å². The molecule has 2 N–H and O–H groups in total. The second-order valence-corrected chi connectivity index (χ2v) is 7.41. The fourth-order valence-electron chi connectivity index (χ4n) is 3.86. The lowest BCUT2D eigenvalue weighted by Crippen LogP contribution is -2.01. The van der Waals surface area contributed by atoms with Crippen molar-refractivity contribution in [2.75, 3.05) is 0 Å². The van der Waals surface area contributed by atoms with Crippen LogP contribution in [0.2, 0.25) is 0 Å². The third-order valence-corrected chi connectivity index (χ3v) is 5.43. The largest absolute Gasteiger partial charge is 0.390 e. The van der Waals surface area contributed by atoms with E-state index in [0.717, 1.165) is 53.6 Å². The number of aliphatic hydroxyl groups excluding tert-OH is 1. The molecule has 7 heteroatoms. The zero-order valence-corrected chi connectivity index (χ0v) is 17.3. The number of H-pyrrole nitrogens is 1. The Morgan fingerprint density at radius 3 is 2.47 bits per heavy atom. The molecule has 0 bridgehead atoms. The van der Waals surface area contributed by atoms with E-state index in [1.54, 1.807) is 0 Å². The predicted octanol–water partition coefficient (Wildman–Crippen LogP) is 3.69. The van der Waals surface area contributed by atoms with Gasteiger partial charge in [-0.3, -0.25) is 4.68 Å². The van der Waals surface area contributed by atoms with E-state index < -0.39 is 0 Å². The highest BCUT2D eigenvalue weighted by atomic mass is 16.3. The number of aryl methyl sites for hydroxylation is 1. The highest BCUT2D eigenvalue weighted by Crippen LogP contribution is 2.30. The molecule has 154 valence electrons. The fourth-order valence-corrected chi connectivity index (χ4v) is 3.86. The summed E-state index contributed by atoms with van der Waals surface area (Å²) in [5.74, 6) is 0.582. The number of benzene rings is 2. The summed E-state index contributed by atoms with van der Waals surface area (Å²) in [7, 11) is 1.96. The van der Waals surface area contributed by atoms with E-state index in [1.165, 1.54) is 11.3 Å². The number of hydrogen-bond donors (Lipinski definition) is 2. The zero-order chi connectivity index (χ0) is 20.9. The number of hydrogen-bond acceptors (Lipinski definition) is 5. The summed E-state index contributed by atoms with van der Waals surface area (Å²) < 4.78 is 1.92. The second-order valence-electron chi connectivity index (χ2n) is 7.41. The van der Waals surface area contributed by atoms with Gasteiger partial charge in [-0.05, 0) is 34.7 Å². The molecule has 2 heterocycles. The summed E-state index contributed by atoms with van der Waals surface area (Å²) in [5.41, 5.74) is 7.42. The van der Waals surface area contributed by atoms with Crippen LogP contribution < -0.4 is 0 Å². The van der Waals surface area contributed by atoms with Crippen LogP contribution in [0.25, 0.3) is 22.5 Å². The Morgan fingerprint density at radius 2 is 1.80 bits per heavy atom. The van der Waals surface area contributed by atoms with Gasteiger partial charge in [0.05, 0.1) is 12.3 Å². The van der Waals surface area contributed by atoms with Crippen LogP contribution in [0.15, 0.2) is 48.5 Å². The number of rotatable bonds is 8. The fraction of sp³-hybridized carbons (Fsp3) is 0.304. The van der Waals surface area contributed by atoms with Crippen molar-refractivity contribution in [3.8, 4) is 22.5 Å². The van der Waals surface area contributed by atoms with E-state index in [9.17, 15) is 5.11 Å². The predicted molar refractivity (Wildman–Crippen MR) is 116 cm³/mol. The van der Waals surface area contributed by atoms with Crippen LogP contribution in [0.4, 0.5) is 0 Å². The Morgan fingerprint density at radius 1 is 1.03 bits per heavy atom. The summed E-state index contributed by atoms with van der Waals surface area (Å²) in [4.78, 5) is 0. The Kier molecular flexibility index (Phi) is 5.99. The Labute approximate surface area is 175 Å². The van der Waals surface area contributed by atoms with Gasteiger partial charge >= 0.3 is 0 Å². The summed E-state index contributed by atoms with van der Waals surface area (Å²) in [5, 5.41) is 28.7. The normalized spacial score (nSPS) is 11.2. The lowest BCUT2D eigenvalue weighted by atomic mass is 9.95. The molecule has 0 saturated carbocycles. The Balaban J connectivity index is 1.62. The molecule has 0 aliphatic carbocycles. The van der Waals surface area contributed by atoms with E-state index in [1.807, 2.05) is 29.9 Å². The monoisotopic (exact) mass is 402 g/mol. The van der Waals surface area contributed by atoms with E-state index in [0.29, 0.717) is 5.82 Å². The van der Waals surface area contributed by atoms with E-state index in [2.05, 4.69) is 63.0 Å². The van der Waals surface area contributed by atoms with Gasteiger partial charge in [-0.15, -0.1) is 10.2 Å². The minimum Gasteiger partial charge on any atom is -0.390 e. The smallest absolute Gasteiger partial charge is 0.205 e. The molecular weight excluding hydrogens is 376 g/mol. The highest BCUT2D eigenvalue weighted by Gasteiger charge is 2.16. The molecule has 0 fully saturated rings. The minimum atomic E-state index is -0.0363. The molecule has 7 nitrogen and oxygen atoms in total. The molecule has 0 saturated heterocycles. The summed E-state index contributed by atoms with van der Waals surface area (Å²) in [6.45, 7) is 2.15. The summed E-state index contributed by atoms with van der Waals surface area (Å²) in [6.07, 6.45) is 3.98. The van der Waals surface area contributed by atoms with Crippen molar-refractivity contribution in [1.29, 1.82) is 0 Å².